The molecule has 0 atom stereocenters. The molecule has 0 saturated heterocycles. The smallest absolute Gasteiger partial charge is 0.423 e. The van der Waals surface area contributed by atoms with Crippen LogP contribution in [0.2, 0.25) is 0 Å². The van der Waals surface area contributed by atoms with E-state index in [1.165, 1.54) is 4.90 Å². The third kappa shape index (κ3) is 4.99. The number of ether oxygens (including phenoxy) is 1. The first-order valence-corrected chi connectivity index (χ1v) is 7.49. The SMILES string of the molecule is CCN(c1ccc(C)cc1)c1ncc(C(F)(F)F)c(OCC(F)(F)F)n1. The quantitative estimate of drug-likeness (QED) is 0.693. The van der Waals surface area contributed by atoms with Gasteiger partial charge in [-0.25, -0.2) is 4.98 Å². The van der Waals surface area contributed by atoms with Crippen LogP contribution in [0, 0.1) is 6.92 Å². The third-order valence-electron chi connectivity index (χ3n) is 3.32. The highest BCUT2D eigenvalue weighted by Gasteiger charge is 2.38. The number of nitrogens with zero attached hydrogens (tertiary/aromatic N) is 3. The molecule has 0 spiro atoms. The Hall–Kier alpha value is -2.52. The van der Waals surface area contributed by atoms with E-state index in [9.17, 15) is 26.3 Å². The standard InChI is InChI=1S/C16H15F6N3O/c1-3-25(11-6-4-10(2)5-7-11)14-23-8-12(16(20,21)22)13(24-14)26-9-15(17,18)19/h4-8H,3,9H2,1-2H3. The molecule has 4 nitrogen and oxygen atoms in total. The van der Waals surface area contributed by atoms with Crippen molar-refractivity contribution in [2.75, 3.05) is 18.1 Å². The molecule has 1 aromatic carbocycles. The minimum Gasteiger partial charge on any atom is -0.467 e. The zero-order chi connectivity index (χ0) is 19.5. The summed E-state index contributed by atoms with van der Waals surface area (Å²) in [4.78, 5) is 8.70. The van der Waals surface area contributed by atoms with Gasteiger partial charge in [-0.1, -0.05) is 17.7 Å². The van der Waals surface area contributed by atoms with E-state index in [1.54, 1.807) is 31.2 Å². The summed E-state index contributed by atoms with van der Waals surface area (Å²) >= 11 is 0. The molecular formula is C16H15F6N3O. The van der Waals surface area contributed by atoms with Gasteiger partial charge in [0.2, 0.25) is 11.8 Å². The van der Waals surface area contributed by atoms with Gasteiger partial charge in [-0.3, -0.25) is 0 Å². The van der Waals surface area contributed by atoms with Crippen molar-refractivity contribution in [3.8, 4) is 5.88 Å². The number of hydrogen-bond donors (Lipinski definition) is 0. The van der Waals surface area contributed by atoms with Gasteiger partial charge in [0, 0.05) is 18.4 Å². The fourth-order valence-electron chi connectivity index (χ4n) is 2.11. The number of halogens is 6. The monoisotopic (exact) mass is 379 g/mol. The Labute approximate surface area is 145 Å². The molecule has 0 aliphatic carbocycles. The van der Waals surface area contributed by atoms with E-state index in [0.29, 0.717) is 11.9 Å². The Balaban J connectivity index is 2.43. The predicted octanol–water partition coefficient (Wildman–Crippen LogP) is 4.90. The van der Waals surface area contributed by atoms with E-state index in [0.717, 1.165) is 5.56 Å². The van der Waals surface area contributed by atoms with Crippen LogP contribution in [-0.2, 0) is 6.18 Å². The Morgan fingerprint density at radius 3 is 2.15 bits per heavy atom. The number of anilines is 2. The molecule has 0 radical (unpaired) electrons. The maximum absolute atomic E-state index is 13.0. The summed E-state index contributed by atoms with van der Waals surface area (Å²) in [6.45, 7) is 1.96. The average Bonchev–Trinajstić information content (AvgIpc) is 2.54. The van der Waals surface area contributed by atoms with Gasteiger partial charge in [-0.2, -0.15) is 31.3 Å². The summed E-state index contributed by atoms with van der Waals surface area (Å²) < 4.78 is 80.3. The second-order valence-corrected chi connectivity index (χ2v) is 5.37. The molecular weight excluding hydrogens is 364 g/mol. The summed E-state index contributed by atoms with van der Waals surface area (Å²) in [5.41, 5.74) is 0.0810. The first kappa shape index (κ1) is 19.8. The number of hydrogen-bond acceptors (Lipinski definition) is 4. The molecule has 142 valence electrons. The van der Waals surface area contributed by atoms with Crippen LogP contribution in [0.1, 0.15) is 18.1 Å². The lowest BCUT2D eigenvalue weighted by Crippen LogP contribution is -2.24. The number of benzene rings is 1. The van der Waals surface area contributed by atoms with Gasteiger partial charge in [0.25, 0.3) is 0 Å². The van der Waals surface area contributed by atoms with E-state index in [-0.39, 0.29) is 12.5 Å². The number of alkyl halides is 6. The van der Waals surface area contributed by atoms with Crippen molar-refractivity contribution in [3.05, 3.63) is 41.6 Å². The van der Waals surface area contributed by atoms with Crippen LogP contribution in [0.3, 0.4) is 0 Å². The van der Waals surface area contributed by atoms with Gasteiger partial charge in [0.1, 0.15) is 5.56 Å². The van der Waals surface area contributed by atoms with Crippen LogP contribution >= 0.6 is 0 Å². The molecule has 0 aliphatic heterocycles. The van der Waals surface area contributed by atoms with Gasteiger partial charge < -0.3 is 9.64 Å². The van der Waals surface area contributed by atoms with Crippen molar-refractivity contribution >= 4 is 11.6 Å². The second-order valence-electron chi connectivity index (χ2n) is 5.37. The van der Waals surface area contributed by atoms with Gasteiger partial charge in [-0.05, 0) is 26.0 Å². The topological polar surface area (TPSA) is 38.2 Å². The van der Waals surface area contributed by atoms with Crippen molar-refractivity contribution in [2.24, 2.45) is 0 Å². The molecule has 0 bridgehead atoms. The molecule has 26 heavy (non-hydrogen) atoms. The highest BCUT2D eigenvalue weighted by Crippen LogP contribution is 2.36. The normalized spacial score (nSPS) is 12.2. The van der Waals surface area contributed by atoms with Crippen LogP contribution in [-0.4, -0.2) is 29.3 Å². The second kappa shape index (κ2) is 7.38. The van der Waals surface area contributed by atoms with E-state index in [2.05, 4.69) is 14.7 Å². The molecule has 0 amide bonds. The van der Waals surface area contributed by atoms with Crippen LogP contribution < -0.4 is 9.64 Å². The van der Waals surface area contributed by atoms with Crippen molar-refractivity contribution in [1.29, 1.82) is 0 Å². The molecule has 2 rings (SSSR count). The lowest BCUT2D eigenvalue weighted by atomic mass is 10.2. The zero-order valence-electron chi connectivity index (χ0n) is 13.8. The zero-order valence-corrected chi connectivity index (χ0v) is 13.8. The summed E-state index contributed by atoms with van der Waals surface area (Å²) in [5.74, 6) is -1.35. The highest BCUT2D eigenvalue weighted by molar-refractivity contribution is 5.58. The van der Waals surface area contributed by atoms with Gasteiger partial charge in [-0.15, -0.1) is 0 Å². The highest BCUT2D eigenvalue weighted by atomic mass is 19.4. The number of aromatic nitrogens is 2. The lowest BCUT2D eigenvalue weighted by Gasteiger charge is -2.22. The molecule has 0 fully saturated rings. The largest absolute Gasteiger partial charge is 0.467 e. The van der Waals surface area contributed by atoms with E-state index >= 15 is 0 Å². The minimum atomic E-state index is -4.94. The van der Waals surface area contributed by atoms with Crippen molar-refractivity contribution in [2.45, 2.75) is 26.2 Å². The molecule has 10 heteroatoms. The number of rotatable bonds is 5. The van der Waals surface area contributed by atoms with Crippen molar-refractivity contribution in [1.82, 2.24) is 9.97 Å². The maximum atomic E-state index is 13.0. The lowest BCUT2D eigenvalue weighted by molar-refractivity contribution is -0.159. The Bertz CT molecular complexity index is 743. The minimum absolute atomic E-state index is 0.193. The summed E-state index contributed by atoms with van der Waals surface area (Å²) in [7, 11) is 0. The van der Waals surface area contributed by atoms with E-state index in [4.69, 9.17) is 0 Å². The maximum Gasteiger partial charge on any atom is 0.423 e. The molecule has 2 aromatic rings. The fourth-order valence-corrected chi connectivity index (χ4v) is 2.11. The number of aryl methyl sites for hydroxylation is 1. The van der Waals surface area contributed by atoms with E-state index in [1.807, 2.05) is 6.92 Å². The van der Waals surface area contributed by atoms with Gasteiger partial charge in [0.15, 0.2) is 6.61 Å². The summed E-state index contributed by atoms with van der Waals surface area (Å²) in [6.07, 6.45) is -9.32. The van der Waals surface area contributed by atoms with Crippen LogP contribution in [0.4, 0.5) is 38.0 Å². The summed E-state index contributed by atoms with van der Waals surface area (Å²) in [6, 6.07) is 6.97. The van der Waals surface area contributed by atoms with E-state index < -0.39 is 30.4 Å². The first-order valence-electron chi connectivity index (χ1n) is 7.49. The predicted molar refractivity (Wildman–Crippen MR) is 82.4 cm³/mol. The van der Waals surface area contributed by atoms with Crippen LogP contribution in [0.25, 0.3) is 0 Å². The van der Waals surface area contributed by atoms with Crippen LogP contribution in [0.5, 0.6) is 5.88 Å². The molecule has 0 saturated carbocycles. The van der Waals surface area contributed by atoms with Crippen molar-refractivity contribution < 1.29 is 31.1 Å². The third-order valence-corrected chi connectivity index (χ3v) is 3.32. The Morgan fingerprint density at radius 1 is 1.04 bits per heavy atom. The molecule has 0 unspecified atom stereocenters. The molecule has 0 N–H and O–H groups in total. The molecule has 1 heterocycles. The van der Waals surface area contributed by atoms with Gasteiger partial charge >= 0.3 is 12.4 Å². The van der Waals surface area contributed by atoms with Crippen LogP contribution in [0.15, 0.2) is 30.5 Å². The van der Waals surface area contributed by atoms with Crippen molar-refractivity contribution in [3.63, 3.8) is 0 Å². The molecule has 0 aliphatic rings. The summed E-state index contributed by atoms with van der Waals surface area (Å²) in [5, 5.41) is 0. The first-order chi connectivity index (χ1) is 12.0. The Morgan fingerprint density at radius 2 is 1.65 bits per heavy atom. The average molecular weight is 379 g/mol. The molecule has 1 aromatic heterocycles. The Kier molecular flexibility index (Phi) is 5.62. The fraction of sp³-hybridized carbons (Fsp3) is 0.375. The van der Waals surface area contributed by atoms with Gasteiger partial charge in [0.05, 0.1) is 0 Å².